The van der Waals surface area contributed by atoms with E-state index in [-0.39, 0.29) is 48.1 Å². The Hall–Kier alpha value is -3.39. The minimum Gasteiger partial charge on any atom is -0.492 e. The first-order valence-corrected chi connectivity index (χ1v) is 14.0. The van der Waals surface area contributed by atoms with Crippen LogP contribution in [0.5, 0.6) is 5.75 Å². The Bertz CT molecular complexity index is 1210. The molecule has 0 saturated heterocycles. The number of aryl methyl sites for hydroxylation is 1. The SMILES string of the molecule is N=C(NCCCCc1ccc(OCCN(C[C@H](O)[C@H](O)CO)CC(O)(O)[C@H](O)CO)cc1)NC(=O)c1nc(Cl)c(N)nc1N. The second kappa shape index (κ2) is 17.8. The summed E-state index contributed by atoms with van der Waals surface area (Å²) in [5.41, 5.74) is 11.9. The van der Waals surface area contributed by atoms with Crippen molar-refractivity contribution in [2.75, 3.05) is 57.5 Å². The van der Waals surface area contributed by atoms with E-state index in [1.54, 1.807) is 12.1 Å². The lowest BCUT2D eigenvalue weighted by Gasteiger charge is -2.34. The number of hydrogen-bond donors (Lipinski definition) is 12. The molecule has 44 heavy (non-hydrogen) atoms. The van der Waals surface area contributed by atoms with Crippen molar-refractivity contribution < 1.29 is 45.3 Å². The fraction of sp³-hybridized carbons (Fsp3) is 0.538. The zero-order chi connectivity index (χ0) is 32.9. The molecule has 0 unspecified atom stereocenters. The van der Waals surface area contributed by atoms with E-state index in [1.165, 1.54) is 4.90 Å². The quantitative estimate of drug-likeness (QED) is 0.0333. The minimum absolute atomic E-state index is 0.0469. The maximum absolute atomic E-state index is 12.3. The first-order chi connectivity index (χ1) is 20.8. The summed E-state index contributed by atoms with van der Waals surface area (Å²) in [4.78, 5) is 21.1. The molecular weight excluding hydrogens is 604 g/mol. The molecule has 1 heterocycles. The standard InChI is InChI=1S/C26H41ClN8O9/c27-21-23(29)33-22(28)20(32-21)24(41)34-25(30)31-8-2-1-3-15-4-6-16(7-5-15)44-10-9-35(11-17(38)18(39)12-36)14-26(42,43)19(40)13-37/h4-7,17-19,36-40,42-43H,1-3,8-14H2,(H4,28,29,33)(H3,30,31,34,41)/t17-,18+,19+/m0/s1. The largest absolute Gasteiger partial charge is 0.492 e. The van der Waals surface area contributed by atoms with Crippen LogP contribution in [-0.2, 0) is 6.42 Å². The Morgan fingerprint density at radius 2 is 1.73 bits per heavy atom. The van der Waals surface area contributed by atoms with Crippen LogP contribution in [0.3, 0.4) is 0 Å². The fourth-order valence-electron chi connectivity index (χ4n) is 3.86. The number of aliphatic hydroxyl groups excluding tert-OH is 5. The highest BCUT2D eigenvalue weighted by Gasteiger charge is 2.35. The van der Waals surface area contributed by atoms with Crippen LogP contribution in [0.15, 0.2) is 24.3 Å². The van der Waals surface area contributed by atoms with Crippen molar-refractivity contribution in [3.05, 3.63) is 40.7 Å². The second-order valence-corrected chi connectivity index (χ2v) is 10.3. The number of benzene rings is 1. The van der Waals surface area contributed by atoms with Gasteiger partial charge in [-0.05, 0) is 37.0 Å². The van der Waals surface area contributed by atoms with Gasteiger partial charge in [0.2, 0.25) is 5.79 Å². The third-order valence-electron chi connectivity index (χ3n) is 6.39. The number of nitrogens with zero attached hydrogens (tertiary/aromatic N) is 3. The van der Waals surface area contributed by atoms with Gasteiger partial charge < -0.3 is 57.3 Å². The molecule has 2 rings (SSSR count). The number of rotatable bonds is 18. The molecule has 0 aliphatic carbocycles. The summed E-state index contributed by atoms with van der Waals surface area (Å²) in [5.74, 6) is -3.48. The Morgan fingerprint density at radius 1 is 1.05 bits per heavy atom. The van der Waals surface area contributed by atoms with Gasteiger partial charge in [0.05, 0.1) is 25.9 Å². The van der Waals surface area contributed by atoms with Gasteiger partial charge in [-0.25, -0.2) is 9.97 Å². The van der Waals surface area contributed by atoms with E-state index in [4.69, 9.17) is 43.4 Å². The van der Waals surface area contributed by atoms with Crippen LogP contribution in [0.1, 0.15) is 28.9 Å². The Balaban J connectivity index is 1.75. The number of aliphatic hydroxyl groups is 7. The number of ether oxygens (including phenoxy) is 1. The number of aromatic nitrogens is 2. The summed E-state index contributed by atoms with van der Waals surface area (Å²) < 4.78 is 5.71. The van der Waals surface area contributed by atoms with Gasteiger partial charge in [-0.1, -0.05) is 23.7 Å². The smallest absolute Gasteiger partial charge is 0.280 e. The van der Waals surface area contributed by atoms with Gasteiger partial charge in [0.1, 0.15) is 24.6 Å². The molecule has 1 amide bonds. The monoisotopic (exact) mass is 644 g/mol. The predicted octanol–water partition coefficient (Wildman–Crippen LogP) is -3.00. The van der Waals surface area contributed by atoms with Gasteiger partial charge in [-0.15, -0.1) is 0 Å². The topological polar surface area (TPSA) is 297 Å². The normalized spacial score (nSPS) is 13.8. The number of nitrogens with two attached hydrogens (primary N) is 2. The highest BCUT2D eigenvalue weighted by Crippen LogP contribution is 2.17. The van der Waals surface area contributed by atoms with Gasteiger partial charge in [0, 0.05) is 19.6 Å². The lowest BCUT2D eigenvalue weighted by atomic mass is 10.1. The number of amides is 1. The predicted molar refractivity (Wildman–Crippen MR) is 160 cm³/mol. The maximum Gasteiger partial charge on any atom is 0.280 e. The second-order valence-electron chi connectivity index (χ2n) is 9.97. The molecule has 18 heteroatoms. The van der Waals surface area contributed by atoms with E-state index < -0.39 is 49.8 Å². The Morgan fingerprint density at radius 3 is 2.36 bits per heavy atom. The Kier molecular flexibility index (Phi) is 14.9. The molecule has 0 spiro atoms. The Labute approximate surface area is 258 Å². The molecule has 2 aromatic rings. The molecule has 1 aromatic heterocycles. The van der Waals surface area contributed by atoms with Gasteiger partial charge in [0.25, 0.3) is 5.91 Å². The first-order valence-electron chi connectivity index (χ1n) is 13.6. The summed E-state index contributed by atoms with van der Waals surface area (Å²) in [6.07, 6.45) is -2.52. The highest BCUT2D eigenvalue weighted by atomic mass is 35.5. The first kappa shape index (κ1) is 36.8. The van der Waals surface area contributed by atoms with Crippen LogP contribution in [-0.4, -0.2) is 133 Å². The number of carbonyl (C=O) groups excluding carboxylic acids is 1. The number of anilines is 2. The number of guanidine groups is 1. The summed E-state index contributed by atoms with van der Waals surface area (Å²) in [6, 6.07) is 7.25. The van der Waals surface area contributed by atoms with Crippen molar-refractivity contribution >= 4 is 35.1 Å². The molecule has 17 nitrogen and oxygen atoms in total. The van der Waals surface area contributed by atoms with E-state index in [0.29, 0.717) is 18.7 Å². The van der Waals surface area contributed by atoms with E-state index in [1.807, 2.05) is 12.1 Å². The number of hydrogen-bond acceptors (Lipinski definition) is 15. The van der Waals surface area contributed by atoms with Gasteiger partial charge in [-0.3, -0.25) is 20.4 Å². The zero-order valence-electron chi connectivity index (χ0n) is 23.9. The molecule has 1 aromatic carbocycles. The molecule has 0 radical (unpaired) electrons. The average Bonchev–Trinajstić information content (AvgIpc) is 2.98. The third-order valence-corrected chi connectivity index (χ3v) is 6.67. The molecule has 14 N–H and O–H groups in total. The lowest BCUT2D eigenvalue weighted by molar-refractivity contribution is -0.242. The van der Waals surface area contributed by atoms with Crippen LogP contribution in [0.4, 0.5) is 11.6 Å². The summed E-state index contributed by atoms with van der Waals surface area (Å²) in [6.45, 7) is -1.94. The fourth-order valence-corrected chi connectivity index (χ4v) is 3.99. The van der Waals surface area contributed by atoms with E-state index in [2.05, 4.69) is 20.6 Å². The molecule has 0 aliphatic heterocycles. The van der Waals surface area contributed by atoms with Crippen molar-refractivity contribution in [2.45, 2.75) is 43.4 Å². The number of nitrogen functional groups attached to an aromatic ring is 2. The third kappa shape index (κ3) is 11.9. The number of nitrogens with one attached hydrogen (secondary N) is 3. The van der Waals surface area contributed by atoms with Crippen molar-refractivity contribution in [3.8, 4) is 5.75 Å². The van der Waals surface area contributed by atoms with E-state index in [9.17, 15) is 30.3 Å². The molecule has 0 saturated carbocycles. The summed E-state index contributed by atoms with van der Waals surface area (Å²) >= 11 is 5.78. The van der Waals surface area contributed by atoms with Gasteiger partial charge in [-0.2, -0.15) is 0 Å². The molecule has 0 bridgehead atoms. The van der Waals surface area contributed by atoms with Crippen LogP contribution >= 0.6 is 11.6 Å². The van der Waals surface area contributed by atoms with E-state index >= 15 is 0 Å². The number of carbonyl (C=O) groups is 1. The van der Waals surface area contributed by atoms with E-state index in [0.717, 1.165) is 18.4 Å². The van der Waals surface area contributed by atoms with Crippen LogP contribution < -0.4 is 26.8 Å². The summed E-state index contributed by atoms with van der Waals surface area (Å²) in [5, 5.41) is 80.4. The number of unbranched alkanes of at least 4 members (excludes halogenated alkanes) is 1. The van der Waals surface area contributed by atoms with Crippen molar-refractivity contribution in [1.29, 1.82) is 5.41 Å². The molecule has 246 valence electrons. The van der Waals surface area contributed by atoms with Crippen molar-refractivity contribution in [1.82, 2.24) is 25.5 Å². The highest BCUT2D eigenvalue weighted by molar-refractivity contribution is 6.31. The average molecular weight is 645 g/mol. The molecule has 0 fully saturated rings. The minimum atomic E-state index is -2.69. The number of halogens is 1. The van der Waals surface area contributed by atoms with Crippen molar-refractivity contribution in [2.24, 2.45) is 0 Å². The molecular formula is C26H41ClN8O9. The van der Waals surface area contributed by atoms with Crippen LogP contribution in [0.25, 0.3) is 0 Å². The maximum atomic E-state index is 12.3. The van der Waals surface area contributed by atoms with Crippen LogP contribution in [0.2, 0.25) is 5.15 Å². The molecule has 3 atom stereocenters. The summed E-state index contributed by atoms with van der Waals surface area (Å²) in [7, 11) is 0. The lowest BCUT2D eigenvalue weighted by Crippen LogP contribution is -2.55. The zero-order valence-corrected chi connectivity index (χ0v) is 24.7. The van der Waals surface area contributed by atoms with Gasteiger partial charge >= 0.3 is 0 Å². The molecule has 0 aliphatic rings. The van der Waals surface area contributed by atoms with Gasteiger partial charge in [0.15, 0.2) is 28.4 Å². The van der Waals surface area contributed by atoms with Crippen LogP contribution in [0, 0.1) is 5.41 Å². The van der Waals surface area contributed by atoms with Crippen molar-refractivity contribution in [3.63, 3.8) is 0 Å².